The molecule has 1 aliphatic heterocycles. The first-order chi connectivity index (χ1) is 14.1. The van der Waals surface area contributed by atoms with Gasteiger partial charge in [-0.2, -0.15) is 5.10 Å². The van der Waals surface area contributed by atoms with Crippen molar-refractivity contribution in [3.05, 3.63) is 59.6 Å². The zero-order valence-electron chi connectivity index (χ0n) is 16.3. The van der Waals surface area contributed by atoms with Crippen molar-refractivity contribution in [2.45, 2.75) is 25.8 Å². The van der Waals surface area contributed by atoms with Crippen molar-refractivity contribution < 1.29 is 9.21 Å². The first-order valence-corrected chi connectivity index (χ1v) is 9.95. The summed E-state index contributed by atoms with van der Waals surface area (Å²) < 4.78 is 7.68. The van der Waals surface area contributed by atoms with E-state index in [4.69, 9.17) is 15.2 Å². The summed E-state index contributed by atoms with van der Waals surface area (Å²) in [6.45, 7) is 4.47. The molecule has 7 heteroatoms. The predicted octanol–water partition coefficient (Wildman–Crippen LogP) is 3.07. The minimum Gasteiger partial charge on any atom is -0.451 e. The first-order valence-electron chi connectivity index (χ1n) is 9.95. The van der Waals surface area contributed by atoms with Crippen molar-refractivity contribution in [2.75, 3.05) is 19.6 Å². The number of hydrogen-bond donors (Lipinski definition) is 1. The number of likely N-dealkylation sites (tertiary alicyclic amines) is 1. The number of benzene rings is 1. The Balaban J connectivity index is 1.41. The lowest BCUT2D eigenvalue weighted by atomic mass is 10.0. The van der Waals surface area contributed by atoms with E-state index in [-0.39, 0.29) is 11.8 Å². The maximum atomic E-state index is 13.0. The first kappa shape index (κ1) is 17.9. The fourth-order valence-corrected chi connectivity index (χ4v) is 4.21. The number of hydrogen-bond acceptors (Lipinski definition) is 5. The Morgan fingerprint density at radius 1 is 1.31 bits per heavy atom. The van der Waals surface area contributed by atoms with E-state index in [1.807, 2.05) is 52.9 Å². The zero-order valence-corrected chi connectivity index (χ0v) is 16.3. The van der Waals surface area contributed by atoms with Crippen molar-refractivity contribution in [1.29, 1.82) is 0 Å². The van der Waals surface area contributed by atoms with Gasteiger partial charge in [0.25, 0.3) is 5.91 Å². The van der Waals surface area contributed by atoms with E-state index in [0.29, 0.717) is 31.9 Å². The van der Waals surface area contributed by atoms with Gasteiger partial charge in [0.05, 0.1) is 12.2 Å². The van der Waals surface area contributed by atoms with Gasteiger partial charge in [-0.3, -0.25) is 4.79 Å². The summed E-state index contributed by atoms with van der Waals surface area (Å²) in [6, 6.07) is 11.7. The summed E-state index contributed by atoms with van der Waals surface area (Å²) in [5, 5.41) is 6.79. The van der Waals surface area contributed by atoms with Gasteiger partial charge in [-0.05, 0) is 43.7 Å². The number of carbonyl (C=O) groups excluding carboxylic acids is 1. The number of pyridine rings is 1. The summed E-state index contributed by atoms with van der Waals surface area (Å²) in [7, 11) is 0. The van der Waals surface area contributed by atoms with Crippen molar-refractivity contribution in [3.63, 3.8) is 0 Å². The van der Waals surface area contributed by atoms with Crippen LogP contribution in [0, 0.1) is 6.92 Å². The quantitative estimate of drug-likeness (QED) is 0.579. The molecule has 1 fully saturated rings. The van der Waals surface area contributed by atoms with Crippen molar-refractivity contribution in [2.24, 2.45) is 5.73 Å². The number of fused-ring (bicyclic) bond motifs is 2. The lowest BCUT2D eigenvalue weighted by Gasteiger charge is -2.14. The molecule has 4 heterocycles. The highest BCUT2D eigenvalue weighted by molar-refractivity contribution is 5.96. The monoisotopic (exact) mass is 389 g/mol. The van der Waals surface area contributed by atoms with Crippen LogP contribution < -0.4 is 5.73 Å². The Morgan fingerprint density at radius 3 is 3.07 bits per heavy atom. The van der Waals surface area contributed by atoms with Gasteiger partial charge < -0.3 is 15.1 Å². The van der Waals surface area contributed by atoms with Gasteiger partial charge in [-0.25, -0.2) is 9.67 Å². The molecule has 0 saturated carbocycles. The minimum absolute atomic E-state index is 0.0647. The summed E-state index contributed by atoms with van der Waals surface area (Å²) in [5.74, 6) is 0.507. The van der Waals surface area contributed by atoms with Crippen LogP contribution in [0.3, 0.4) is 0 Å². The third-order valence-electron chi connectivity index (χ3n) is 5.62. The van der Waals surface area contributed by atoms with Crippen LogP contribution >= 0.6 is 0 Å². The summed E-state index contributed by atoms with van der Waals surface area (Å²) >= 11 is 0. The molecule has 148 valence electrons. The van der Waals surface area contributed by atoms with Gasteiger partial charge in [0.1, 0.15) is 5.58 Å². The van der Waals surface area contributed by atoms with E-state index in [1.54, 1.807) is 6.20 Å². The molecule has 0 spiro atoms. The lowest BCUT2D eigenvalue weighted by Crippen LogP contribution is -2.28. The number of rotatable bonds is 4. The molecule has 0 bridgehead atoms. The van der Waals surface area contributed by atoms with Gasteiger partial charge in [0.15, 0.2) is 11.4 Å². The number of carbonyl (C=O) groups is 1. The lowest BCUT2D eigenvalue weighted by molar-refractivity contribution is 0.0761. The van der Waals surface area contributed by atoms with Crippen molar-refractivity contribution in [1.82, 2.24) is 19.7 Å². The van der Waals surface area contributed by atoms with Crippen LogP contribution in [0.25, 0.3) is 22.0 Å². The molecule has 1 amide bonds. The van der Waals surface area contributed by atoms with Crippen molar-refractivity contribution >= 4 is 27.9 Å². The van der Waals surface area contributed by atoms with Crippen LogP contribution in [-0.4, -0.2) is 45.2 Å². The maximum absolute atomic E-state index is 13.0. The number of nitrogens with zero attached hydrogens (tertiary/aromatic N) is 4. The molecule has 2 N–H and O–H groups in total. The number of amides is 1. The standard InChI is InChI=1S/C22H23N5O2/c1-14-4-5-18-16(11-14)12-19(29-18)22(28)26-9-6-15(13-26)20-17-3-2-8-24-21(17)27(25-20)10-7-23/h2-5,8,11-12,15H,6-7,9-10,13,23H2,1H3/t15-/m1/s1. The molecule has 29 heavy (non-hydrogen) atoms. The molecule has 0 radical (unpaired) electrons. The van der Waals surface area contributed by atoms with Gasteiger partial charge in [-0.15, -0.1) is 0 Å². The van der Waals surface area contributed by atoms with Crippen molar-refractivity contribution in [3.8, 4) is 0 Å². The molecule has 0 aliphatic carbocycles. The summed E-state index contributed by atoms with van der Waals surface area (Å²) in [5.41, 5.74) is 9.47. The highest BCUT2D eigenvalue weighted by atomic mass is 16.3. The Morgan fingerprint density at radius 2 is 2.21 bits per heavy atom. The molecule has 7 nitrogen and oxygen atoms in total. The van der Waals surface area contributed by atoms with E-state index >= 15 is 0 Å². The predicted molar refractivity (Wildman–Crippen MR) is 111 cm³/mol. The van der Waals surface area contributed by atoms with E-state index in [9.17, 15) is 4.79 Å². The third kappa shape index (κ3) is 3.07. The third-order valence-corrected chi connectivity index (χ3v) is 5.62. The van der Waals surface area contributed by atoms with E-state index in [1.165, 1.54) is 0 Å². The van der Waals surface area contributed by atoms with Gasteiger partial charge in [0, 0.05) is 42.5 Å². The fraction of sp³-hybridized carbons (Fsp3) is 0.318. The highest BCUT2D eigenvalue weighted by Crippen LogP contribution is 2.32. The SMILES string of the molecule is Cc1ccc2oc(C(=O)N3CC[C@@H](c4nn(CCN)c5ncccc45)C3)cc2c1. The maximum Gasteiger partial charge on any atom is 0.289 e. The van der Waals surface area contributed by atoms with E-state index in [2.05, 4.69) is 4.98 Å². The van der Waals surface area contributed by atoms with Crippen LogP contribution in [0.15, 0.2) is 47.0 Å². The molecule has 0 unspecified atom stereocenters. The summed E-state index contributed by atoms with van der Waals surface area (Å²) in [6.07, 6.45) is 2.64. The largest absolute Gasteiger partial charge is 0.451 e. The van der Waals surface area contributed by atoms with Crippen LogP contribution in [0.2, 0.25) is 0 Å². The van der Waals surface area contributed by atoms with E-state index in [0.717, 1.165) is 39.7 Å². The topological polar surface area (TPSA) is 90.2 Å². The molecule has 1 aliphatic rings. The Labute approximate surface area is 168 Å². The average Bonchev–Trinajstić information content (AvgIpc) is 3.44. The molecule has 4 aromatic rings. The van der Waals surface area contributed by atoms with Gasteiger partial charge in [0.2, 0.25) is 0 Å². The second-order valence-corrected chi connectivity index (χ2v) is 7.66. The van der Waals surface area contributed by atoms with Gasteiger partial charge in [-0.1, -0.05) is 11.6 Å². The van der Waals surface area contributed by atoms with Crippen LogP contribution in [-0.2, 0) is 6.54 Å². The Kier molecular flexibility index (Phi) is 4.32. The Bertz CT molecular complexity index is 1210. The molecular formula is C22H23N5O2. The summed E-state index contributed by atoms with van der Waals surface area (Å²) in [4.78, 5) is 19.4. The number of nitrogens with two attached hydrogens (primary N) is 1. The van der Waals surface area contributed by atoms with Crippen LogP contribution in [0.5, 0.6) is 0 Å². The zero-order chi connectivity index (χ0) is 20.0. The average molecular weight is 389 g/mol. The van der Waals surface area contributed by atoms with Crippen LogP contribution in [0.1, 0.15) is 34.2 Å². The number of aryl methyl sites for hydroxylation is 1. The Hall–Kier alpha value is -3.19. The van der Waals surface area contributed by atoms with Gasteiger partial charge >= 0.3 is 0 Å². The second-order valence-electron chi connectivity index (χ2n) is 7.66. The van der Waals surface area contributed by atoms with Crippen LogP contribution in [0.4, 0.5) is 0 Å². The second kappa shape index (κ2) is 7.00. The molecule has 1 atom stereocenters. The molecule has 1 aromatic carbocycles. The van der Waals surface area contributed by atoms with E-state index < -0.39 is 0 Å². The number of aromatic nitrogens is 3. The molecular weight excluding hydrogens is 366 g/mol. The normalized spacial score (nSPS) is 16.9. The highest BCUT2D eigenvalue weighted by Gasteiger charge is 2.32. The fourth-order valence-electron chi connectivity index (χ4n) is 4.21. The molecule has 3 aromatic heterocycles. The number of furan rings is 1. The molecule has 5 rings (SSSR count). The minimum atomic E-state index is -0.0647. The molecule has 1 saturated heterocycles. The smallest absolute Gasteiger partial charge is 0.289 e.